The van der Waals surface area contributed by atoms with Crippen molar-refractivity contribution in [2.75, 3.05) is 12.8 Å². The Balaban J connectivity index is 1.89. The van der Waals surface area contributed by atoms with E-state index in [1.165, 1.54) is 10.9 Å². The van der Waals surface area contributed by atoms with Gasteiger partial charge in [-0.15, -0.1) is 23.1 Å². The predicted octanol–water partition coefficient (Wildman–Crippen LogP) is 4.57. The highest BCUT2D eigenvalue weighted by molar-refractivity contribution is 9.11. The fourth-order valence-corrected chi connectivity index (χ4v) is 4.31. The summed E-state index contributed by atoms with van der Waals surface area (Å²) in [5.41, 5.74) is 0. The van der Waals surface area contributed by atoms with Crippen molar-refractivity contribution in [3.63, 3.8) is 0 Å². The van der Waals surface area contributed by atoms with E-state index in [0.29, 0.717) is 6.04 Å². The SMILES string of the molecule is CNC(CSc1cccc(F)c1)Cc1ccc(Br)s1. The molecule has 0 fully saturated rings. The molecule has 5 heteroatoms. The van der Waals surface area contributed by atoms with Gasteiger partial charge in [-0.3, -0.25) is 0 Å². The quantitative estimate of drug-likeness (QED) is 0.758. The number of rotatable bonds is 6. The minimum atomic E-state index is -0.173. The maximum atomic E-state index is 13.1. The zero-order valence-electron chi connectivity index (χ0n) is 10.5. The van der Waals surface area contributed by atoms with Gasteiger partial charge in [0.1, 0.15) is 5.82 Å². The van der Waals surface area contributed by atoms with E-state index in [-0.39, 0.29) is 5.82 Å². The average Bonchev–Trinajstić information content (AvgIpc) is 2.80. The Morgan fingerprint density at radius 2 is 2.21 bits per heavy atom. The molecule has 0 amide bonds. The number of thiophene rings is 1. The summed E-state index contributed by atoms with van der Waals surface area (Å²) in [5, 5.41) is 3.32. The van der Waals surface area contributed by atoms with Gasteiger partial charge in [0.2, 0.25) is 0 Å². The van der Waals surface area contributed by atoms with Crippen molar-refractivity contribution in [2.45, 2.75) is 17.4 Å². The molecule has 2 rings (SSSR count). The van der Waals surface area contributed by atoms with Crippen LogP contribution in [0, 0.1) is 5.82 Å². The summed E-state index contributed by atoms with van der Waals surface area (Å²) in [6.45, 7) is 0. The molecule has 0 saturated carbocycles. The summed E-state index contributed by atoms with van der Waals surface area (Å²) in [5.74, 6) is 0.753. The molecule has 2 aromatic rings. The Labute approximate surface area is 129 Å². The molecule has 1 heterocycles. The molecule has 0 aliphatic carbocycles. The van der Waals surface area contributed by atoms with Crippen LogP contribution in [0.5, 0.6) is 0 Å². The van der Waals surface area contributed by atoms with Gasteiger partial charge in [-0.2, -0.15) is 0 Å². The van der Waals surface area contributed by atoms with Crippen LogP contribution in [0.2, 0.25) is 0 Å². The van der Waals surface area contributed by atoms with E-state index in [0.717, 1.165) is 20.9 Å². The van der Waals surface area contributed by atoms with Crippen LogP contribution in [0.4, 0.5) is 4.39 Å². The maximum absolute atomic E-state index is 13.1. The van der Waals surface area contributed by atoms with Crippen LogP contribution in [-0.2, 0) is 6.42 Å². The third-order valence-electron chi connectivity index (χ3n) is 2.73. The molecule has 0 aliphatic rings. The van der Waals surface area contributed by atoms with E-state index in [2.05, 4.69) is 33.4 Å². The van der Waals surface area contributed by atoms with E-state index >= 15 is 0 Å². The van der Waals surface area contributed by atoms with Crippen molar-refractivity contribution in [3.05, 3.63) is 50.9 Å². The van der Waals surface area contributed by atoms with Crippen LogP contribution in [0.25, 0.3) is 0 Å². The van der Waals surface area contributed by atoms with Crippen LogP contribution in [0.15, 0.2) is 45.1 Å². The summed E-state index contributed by atoms with van der Waals surface area (Å²) in [4.78, 5) is 2.33. The Kier molecular flexibility index (Phi) is 5.88. The summed E-state index contributed by atoms with van der Waals surface area (Å²) in [6, 6.07) is 11.4. The second-order valence-electron chi connectivity index (χ2n) is 4.16. The highest BCUT2D eigenvalue weighted by Crippen LogP contribution is 2.25. The number of hydrogen-bond donors (Lipinski definition) is 1. The minimum absolute atomic E-state index is 0.173. The van der Waals surface area contributed by atoms with Gasteiger partial charge < -0.3 is 5.32 Å². The van der Waals surface area contributed by atoms with Gasteiger partial charge in [0.15, 0.2) is 0 Å². The molecule has 1 unspecified atom stereocenters. The maximum Gasteiger partial charge on any atom is 0.124 e. The lowest BCUT2D eigenvalue weighted by molar-refractivity contribution is 0.619. The Bertz CT molecular complexity index is 530. The lowest BCUT2D eigenvalue weighted by Gasteiger charge is -2.14. The Morgan fingerprint density at radius 3 is 2.84 bits per heavy atom. The largest absolute Gasteiger partial charge is 0.316 e. The van der Waals surface area contributed by atoms with Crippen LogP contribution in [-0.4, -0.2) is 18.8 Å². The van der Waals surface area contributed by atoms with Crippen molar-refractivity contribution in [1.29, 1.82) is 0 Å². The second-order valence-corrected chi connectivity index (χ2v) is 7.80. The zero-order chi connectivity index (χ0) is 13.7. The van der Waals surface area contributed by atoms with Gasteiger partial charge in [0, 0.05) is 21.6 Å². The monoisotopic (exact) mass is 359 g/mol. The van der Waals surface area contributed by atoms with Crippen LogP contribution >= 0.6 is 39.0 Å². The number of halogens is 2. The first-order chi connectivity index (χ1) is 9.17. The lowest BCUT2D eigenvalue weighted by atomic mass is 10.2. The molecule has 0 aliphatic heterocycles. The summed E-state index contributed by atoms with van der Waals surface area (Å²) in [7, 11) is 1.97. The van der Waals surface area contributed by atoms with Gasteiger partial charge in [0.05, 0.1) is 3.79 Å². The smallest absolute Gasteiger partial charge is 0.124 e. The number of hydrogen-bond acceptors (Lipinski definition) is 3. The van der Waals surface area contributed by atoms with Gasteiger partial charge in [-0.25, -0.2) is 4.39 Å². The van der Waals surface area contributed by atoms with Crippen molar-refractivity contribution in [1.82, 2.24) is 5.32 Å². The topological polar surface area (TPSA) is 12.0 Å². The molecule has 102 valence electrons. The van der Waals surface area contributed by atoms with E-state index in [9.17, 15) is 4.39 Å². The summed E-state index contributed by atoms with van der Waals surface area (Å²) < 4.78 is 14.3. The standard InChI is InChI=1S/C14H15BrFNS2/c1-17-11(8-13-5-6-14(15)19-13)9-18-12-4-2-3-10(16)7-12/h2-7,11,17H,8-9H2,1H3. The number of nitrogens with one attached hydrogen (secondary N) is 1. The van der Waals surface area contributed by atoms with Crippen LogP contribution in [0.3, 0.4) is 0 Å². The molecular formula is C14H15BrFNS2. The van der Waals surface area contributed by atoms with Crippen molar-refractivity contribution >= 4 is 39.0 Å². The molecule has 0 saturated heterocycles. The number of thioether (sulfide) groups is 1. The van der Waals surface area contributed by atoms with Crippen molar-refractivity contribution in [2.24, 2.45) is 0 Å². The molecule has 1 aromatic heterocycles. The molecule has 1 nitrogen and oxygen atoms in total. The normalized spacial score (nSPS) is 12.6. The van der Waals surface area contributed by atoms with E-state index in [4.69, 9.17) is 0 Å². The molecule has 19 heavy (non-hydrogen) atoms. The third-order valence-corrected chi connectivity index (χ3v) is 5.53. The van der Waals surface area contributed by atoms with Gasteiger partial charge in [-0.05, 0) is 59.7 Å². The third kappa shape index (κ3) is 4.91. The zero-order valence-corrected chi connectivity index (χ0v) is 13.7. The van der Waals surface area contributed by atoms with E-state index in [1.807, 2.05) is 13.1 Å². The molecule has 0 radical (unpaired) electrons. The molecule has 1 atom stereocenters. The van der Waals surface area contributed by atoms with E-state index in [1.54, 1.807) is 35.2 Å². The molecular weight excluding hydrogens is 345 g/mol. The number of benzene rings is 1. The average molecular weight is 360 g/mol. The molecule has 0 spiro atoms. The van der Waals surface area contributed by atoms with Crippen molar-refractivity contribution < 1.29 is 4.39 Å². The van der Waals surface area contributed by atoms with Crippen molar-refractivity contribution in [3.8, 4) is 0 Å². The fourth-order valence-electron chi connectivity index (χ4n) is 1.70. The van der Waals surface area contributed by atoms with Gasteiger partial charge >= 0.3 is 0 Å². The molecule has 0 bridgehead atoms. The summed E-state index contributed by atoms with van der Waals surface area (Å²) in [6.07, 6.45) is 0.995. The first kappa shape index (κ1) is 15.0. The Hall–Kier alpha value is -0.360. The molecule has 1 aromatic carbocycles. The second kappa shape index (κ2) is 7.43. The van der Waals surface area contributed by atoms with Gasteiger partial charge in [0.25, 0.3) is 0 Å². The highest BCUT2D eigenvalue weighted by Gasteiger charge is 2.10. The lowest BCUT2D eigenvalue weighted by Crippen LogP contribution is -2.29. The van der Waals surface area contributed by atoms with E-state index < -0.39 is 0 Å². The van der Waals surface area contributed by atoms with Crippen LogP contribution in [0.1, 0.15) is 4.88 Å². The fraction of sp³-hybridized carbons (Fsp3) is 0.286. The number of likely N-dealkylation sites (N-methyl/N-ethyl adjacent to an activating group) is 1. The first-order valence-electron chi connectivity index (χ1n) is 5.97. The predicted molar refractivity (Wildman–Crippen MR) is 85.7 cm³/mol. The highest BCUT2D eigenvalue weighted by atomic mass is 79.9. The first-order valence-corrected chi connectivity index (χ1v) is 8.56. The van der Waals surface area contributed by atoms with Gasteiger partial charge in [-0.1, -0.05) is 6.07 Å². The molecule has 1 N–H and O–H groups in total. The Morgan fingerprint density at radius 1 is 1.37 bits per heavy atom. The summed E-state index contributed by atoms with van der Waals surface area (Å²) >= 11 is 6.93. The minimum Gasteiger partial charge on any atom is -0.316 e. The van der Waals surface area contributed by atoms with Crippen LogP contribution < -0.4 is 5.32 Å².